The molecular weight excluding hydrogens is 286 g/mol. The van der Waals surface area contributed by atoms with Crippen molar-refractivity contribution in [1.82, 2.24) is 15.1 Å². The first-order valence-electron chi connectivity index (χ1n) is 7.17. The van der Waals surface area contributed by atoms with Crippen LogP contribution in [0.4, 0.5) is 0 Å². The third kappa shape index (κ3) is 3.10. The molecule has 0 aromatic carbocycles. The number of aryl methyl sites for hydroxylation is 2. The molecule has 5 heteroatoms. The third-order valence-corrected chi connectivity index (χ3v) is 5.98. The van der Waals surface area contributed by atoms with Gasteiger partial charge in [-0.1, -0.05) is 6.92 Å². The number of fused-ring (bicyclic) bond motifs is 1. The Morgan fingerprint density at radius 2 is 2.40 bits per heavy atom. The summed E-state index contributed by atoms with van der Waals surface area (Å²) in [6.45, 7) is 3.17. The second-order valence-electron chi connectivity index (χ2n) is 5.19. The number of aromatic nitrogens is 2. The van der Waals surface area contributed by atoms with E-state index in [0.717, 1.165) is 13.0 Å². The highest BCUT2D eigenvalue weighted by molar-refractivity contribution is 7.98. The minimum Gasteiger partial charge on any atom is -0.309 e. The van der Waals surface area contributed by atoms with Crippen LogP contribution in [0.25, 0.3) is 0 Å². The fraction of sp³-hybridized carbons (Fsp3) is 0.533. The molecule has 0 aliphatic carbocycles. The van der Waals surface area contributed by atoms with E-state index < -0.39 is 0 Å². The molecule has 1 aliphatic heterocycles. The predicted molar refractivity (Wildman–Crippen MR) is 87.5 cm³/mol. The zero-order chi connectivity index (χ0) is 13.9. The lowest BCUT2D eigenvalue weighted by molar-refractivity contribution is 0.547. The predicted octanol–water partition coefficient (Wildman–Crippen LogP) is 3.16. The Labute approximate surface area is 128 Å². The minimum atomic E-state index is 0.399. The van der Waals surface area contributed by atoms with Gasteiger partial charge in [0.2, 0.25) is 0 Å². The van der Waals surface area contributed by atoms with Gasteiger partial charge in [0.1, 0.15) is 0 Å². The summed E-state index contributed by atoms with van der Waals surface area (Å²) in [5, 5.41) is 8.14. The highest BCUT2D eigenvalue weighted by atomic mass is 32.2. The van der Waals surface area contributed by atoms with Gasteiger partial charge >= 0.3 is 0 Å². The second-order valence-corrected chi connectivity index (χ2v) is 7.47. The standard InChI is InChI=1S/C15H21N3S2/c1-3-16-13(9-12-4-6-18(2)17-12)15-8-11-10-19-7-5-14(11)20-15/h4,6,8,13,16H,3,5,7,9-10H2,1-2H3. The summed E-state index contributed by atoms with van der Waals surface area (Å²) >= 11 is 4.05. The van der Waals surface area contributed by atoms with Crippen LogP contribution in [0.1, 0.15) is 34.0 Å². The van der Waals surface area contributed by atoms with Gasteiger partial charge < -0.3 is 5.32 Å². The van der Waals surface area contributed by atoms with Crippen molar-refractivity contribution in [3.05, 3.63) is 39.3 Å². The molecule has 3 heterocycles. The number of likely N-dealkylation sites (N-methyl/N-ethyl adjacent to an activating group) is 1. The van der Waals surface area contributed by atoms with Crippen LogP contribution in [0.2, 0.25) is 0 Å². The smallest absolute Gasteiger partial charge is 0.0643 e. The molecule has 3 nitrogen and oxygen atoms in total. The number of thioether (sulfide) groups is 1. The normalized spacial score (nSPS) is 16.1. The van der Waals surface area contributed by atoms with E-state index in [0.29, 0.717) is 6.04 Å². The van der Waals surface area contributed by atoms with E-state index in [9.17, 15) is 0 Å². The average Bonchev–Trinajstić information content (AvgIpc) is 3.04. The van der Waals surface area contributed by atoms with E-state index in [2.05, 4.69) is 41.2 Å². The molecule has 20 heavy (non-hydrogen) atoms. The monoisotopic (exact) mass is 307 g/mol. The Kier molecular flexibility index (Phi) is 4.48. The molecule has 1 atom stereocenters. The molecular formula is C15H21N3S2. The van der Waals surface area contributed by atoms with Crippen LogP contribution in [0.15, 0.2) is 18.3 Å². The fourth-order valence-corrected chi connectivity index (χ4v) is 5.09. The van der Waals surface area contributed by atoms with Crippen molar-refractivity contribution in [3.8, 4) is 0 Å². The Bertz CT molecular complexity index is 550. The van der Waals surface area contributed by atoms with E-state index in [-0.39, 0.29) is 0 Å². The van der Waals surface area contributed by atoms with Gasteiger partial charge in [-0.25, -0.2) is 0 Å². The molecule has 0 amide bonds. The third-order valence-electron chi connectivity index (χ3n) is 3.62. The van der Waals surface area contributed by atoms with Crippen molar-refractivity contribution in [1.29, 1.82) is 0 Å². The van der Waals surface area contributed by atoms with Crippen LogP contribution in [-0.4, -0.2) is 22.1 Å². The van der Waals surface area contributed by atoms with Crippen molar-refractivity contribution >= 4 is 23.1 Å². The first-order valence-corrected chi connectivity index (χ1v) is 9.14. The molecule has 0 saturated carbocycles. The van der Waals surface area contributed by atoms with E-state index in [1.54, 1.807) is 10.4 Å². The van der Waals surface area contributed by atoms with Crippen LogP contribution in [-0.2, 0) is 25.6 Å². The summed E-state index contributed by atoms with van der Waals surface area (Å²) in [7, 11) is 1.98. The maximum absolute atomic E-state index is 4.52. The summed E-state index contributed by atoms with van der Waals surface area (Å²) in [6, 6.07) is 4.94. The maximum atomic E-state index is 4.52. The molecule has 1 N–H and O–H groups in total. The van der Waals surface area contributed by atoms with E-state index in [1.807, 2.05) is 29.3 Å². The summed E-state index contributed by atoms with van der Waals surface area (Å²) in [6.07, 6.45) is 4.24. The molecule has 0 fully saturated rings. The topological polar surface area (TPSA) is 29.9 Å². The Balaban J connectivity index is 1.80. The first-order chi connectivity index (χ1) is 9.76. The summed E-state index contributed by atoms with van der Waals surface area (Å²) in [5.41, 5.74) is 2.73. The number of nitrogens with one attached hydrogen (secondary N) is 1. The van der Waals surface area contributed by atoms with Gasteiger partial charge in [0.15, 0.2) is 0 Å². The fourth-order valence-electron chi connectivity index (χ4n) is 2.64. The van der Waals surface area contributed by atoms with E-state index in [1.165, 1.54) is 28.5 Å². The lowest BCUT2D eigenvalue weighted by Gasteiger charge is -2.15. The number of hydrogen-bond acceptors (Lipinski definition) is 4. The van der Waals surface area contributed by atoms with Gasteiger partial charge in [-0.3, -0.25) is 4.68 Å². The Morgan fingerprint density at radius 1 is 1.50 bits per heavy atom. The number of rotatable bonds is 5. The van der Waals surface area contributed by atoms with Gasteiger partial charge in [-0.15, -0.1) is 11.3 Å². The summed E-state index contributed by atoms with van der Waals surface area (Å²) in [5.74, 6) is 2.47. The van der Waals surface area contributed by atoms with Gasteiger partial charge in [0, 0.05) is 41.2 Å². The Hall–Kier alpha value is -0.780. The SMILES string of the molecule is CCNC(Cc1ccn(C)n1)c1cc2c(s1)CCSC2. The first kappa shape index (κ1) is 14.2. The lowest BCUT2D eigenvalue weighted by atomic mass is 10.1. The molecule has 3 rings (SSSR count). The zero-order valence-corrected chi connectivity index (χ0v) is 13.7. The average molecular weight is 307 g/mol. The molecule has 2 aromatic rings. The summed E-state index contributed by atoms with van der Waals surface area (Å²) < 4.78 is 1.88. The Morgan fingerprint density at radius 3 is 3.10 bits per heavy atom. The highest BCUT2D eigenvalue weighted by Crippen LogP contribution is 2.35. The van der Waals surface area contributed by atoms with Crippen molar-refractivity contribution in [3.63, 3.8) is 0 Å². The number of hydrogen-bond donors (Lipinski definition) is 1. The van der Waals surface area contributed by atoms with Gasteiger partial charge in [-0.05, 0) is 36.4 Å². The lowest BCUT2D eigenvalue weighted by Crippen LogP contribution is -2.22. The van der Waals surface area contributed by atoms with Crippen molar-refractivity contribution in [2.75, 3.05) is 12.3 Å². The van der Waals surface area contributed by atoms with Gasteiger partial charge in [0.05, 0.1) is 5.69 Å². The quantitative estimate of drug-likeness (QED) is 0.920. The summed E-state index contributed by atoms with van der Waals surface area (Å²) in [4.78, 5) is 3.08. The van der Waals surface area contributed by atoms with Gasteiger partial charge in [0.25, 0.3) is 0 Å². The highest BCUT2D eigenvalue weighted by Gasteiger charge is 2.19. The van der Waals surface area contributed by atoms with E-state index >= 15 is 0 Å². The zero-order valence-electron chi connectivity index (χ0n) is 12.1. The molecule has 2 aromatic heterocycles. The van der Waals surface area contributed by atoms with Crippen molar-refractivity contribution < 1.29 is 0 Å². The van der Waals surface area contributed by atoms with Crippen LogP contribution >= 0.6 is 23.1 Å². The largest absolute Gasteiger partial charge is 0.309 e. The molecule has 1 aliphatic rings. The molecule has 0 saturated heterocycles. The molecule has 0 bridgehead atoms. The minimum absolute atomic E-state index is 0.399. The van der Waals surface area contributed by atoms with Crippen LogP contribution in [0, 0.1) is 0 Å². The second kappa shape index (κ2) is 6.33. The van der Waals surface area contributed by atoms with Crippen LogP contribution in [0.5, 0.6) is 0 Å². The molecule has 0 spiro atoms. The molecule has 1 unspecified atom stereocenters. The number of thiophene rings is 1. The molecule has 0 radical (unpaired) electrons. The van der Waals surface area contributed by atoms with Crippen molar-refractivity contribution in [2.45, 2.75) is 31.6 Å². The maximum Gasteiger partial charge on any atom is 0.0643 e. The number of nitrogens with zero attached hydrogens (tertiary/aromatic N) is 2. The van der Waals surface area contributed by atoms with Crippen LogP contribution < -0.4 is 5.32 Å². The van der Waals surface area contributed by atoms with Crippen molar-refractivity contribution in [2.24, 2.45) is 7.05 Å². The van der Waals surface area contributed by atoms with Crippen LogP contribution in [0.3, 0.4) is 0 Å². The molecule has 108 valence electrons. The van der Waals surface area contributed by atoms with E-state index in [4.69, 9.17) is 0 Å². The van der Waals surface area contributed by atoms with Gasteiger partial charge in [-0.2, -0.15) is 16.9 Å².